The van der Waals surface area contributed by atoms with Crippen molar-refractivity contribution >= 4 is 46.1 Å². The number of halogens is 2. The minimum atomic E-state index is -0.860. The third kappa shape index (κ3) is 4.45. The Labute approximate surface area is 124 Å². The Morgan fingerprint density at radius 3 is 2.78 bits per heavy atom. The van der Waals surface area contributed by atoms with Crippen molar-refractivity contribution in [3.05, 3.63) is 32.4 Å². The smallest absolute Gasteiger partial charge is 0.306 e. The summed E-state index contributed by atoms with van der Waals surface area (Å²) in [5.74, 6) is -1.56. The van der Waals surface area contributed by atoms with Gasteiger partial charge in [-0.15, -0.1) is 0 Å². The number of carbonyl (C=O) groups is 2. The molecular formula is C12H13ClINO3. The van der Waals surface area contributed by atoms with E-state index in [1.165, 1.54) is 0 Å². The van der Waals surface area contributed by atoms with Crippen molar-refractivity contribution in [2.75, 3.05) is 6.54 Å². The minimum absolute atomic E-state index is 0.237. The SMILES string of the molecule is CC(CCNC(=O)c1cc(Cl)ccc1I)C(=O)O. The van der Waals surface area contributed by atoms with Crippen molar-refractivity contribution < 1.29 is 14.7 Å². The van der Waals surface area contributed by atoms with Crippen molar-refractivity contribution in [3.8, 4) is 0 Å². The van der Waals surface area contributed by atoms with Crippen molar-refractivity contribution in [1.29, 1.82) is 0 Å². The normalized spacial score (nSPS) is 11.9. The molecule has 1 atom stereocenters. The Bertz CT molecular complexity index is 465. The van der Waals surface area contributed by atoms with Gasteiger partial charge in [-0.3, -0.25) is 9.59 Å². The van der Waals surface area contributed by atoms with Crippen LogP contribution in [0.25, 0.3) is 0 Å². The molecule has 2 N–H and O–H groups in total. The number of hydrogen-bond donors (Lipinski definition) is 2. The molecule has 0 aliphatic rings. The fourth-order valence-electron chi connectivity index (χ4n) is 1.29. The summed E-state index contributed by atoms with van der Waals surface area (Å²) in [6.07, 6.45) is 0.401. The third-order valence-electron chi connectivity index (χ3n) is 2.46. The number of rotatable bonds is 5. The Kier molecular flexibility index (Phi) is 5.87. The van der Waals surface area contributed by atoms with Gasteiger partial charge in [-0.05, 0) is 47.2 Å². The van der Waals surface area contributed by atoms with Crippen LogP contribution in [0, 0.1) is 9.49 Å². The van der Waals surface area contributed by atoms with Gasteiger partial charge < -0.3 is 10.4 Å². The first kappa shape index (κ1) is 15.2. The second-order valence-corrected chi connectivity index (χ2v) is 5.51. The lowest BCUT2D eigenvalue weighted by Gasteiger charge is -2.09. The summed E-state index contributed by atoms with van der Waals surface area (Å²) in [6, 6.07) is 5.07. The maximum Gasteiger partial charge on any atom is 0.306 e. The average molecular weight is 382 g/mol. The number of amides is 1. The highest BCUT2D eigenvalue weighted by atomic mass is 127. The fraction of sp³-hybridized carbons (Fsp3) is 0.333. The zero-order valence-electron chi connectivity index (χ0n) is 9.74. The van der Waals surface area contributed by atoms with Gasteiger partial charge in [0, 0.05) is 15.1 Å². The van der Waals surface area contributed by atoms with Crippen LogP contribution in [-0.2, 0) is 4.79 Å². The molecule has 0 saturated carbocycles. The fourth-order valence-corrected chi connectivity index (χ4v) is 2.04. The van der Waals surface area contributed by atoms with Crippen LogP contribution in [0.5, 0.6) is 0 Å². The van der Waals surface area contributed by atoms with Crippen LogP contribution in [0.2, 0.25) is 5.02 Å². The van der Waals surface area contributed by atoms with Crippen LogP contribution in [0.3, 0.4) is 0 Å². The van der Waals surface area contributed by atoms with Crippen LogP contribution < -0.4 is 5.32 Å². The quantitative estimate of drug-likeness (QED) is 0.771. The summed E-state index contributed by atoms with van der Waals surface area (Å²) in [5, 5.41) is 11.9. The van der Waals surface area contributed by atoms with Gasteiger partial charge in [0.15, 0.2) is 0 Å². The second kappa shape index (κ2) is 6.94. The average Bonchev–Trinajstić information content (AvgIpc) is 2.31. The first-order valence-electron chi connectivity index (χ1n) is 5.38. The van der Waals surface area contributed by atoms with Gasteiger partial charge in [-0.2, -0.15) is 0 Å². The van der Waals surface area contributed by atoms with Gasteiger partial charge in [-0.25, -0.2) is 0 Å². The molecule has 18 heavy (non-hydrogen) atoms. The number of nitrogens with one attached hydrogen (secondary N) is 1. The molecule has 6 heteroatoms. The summed E-state index contributed by atoms with van der Waals surface area (Å²) < 4.78 is 0.806. The van der Waals surface area contributed by atoms with Crippen LogP contribution in [-0.4, -0.2) is 23.5 Å². The van der Waals surface area contributed by atoms with Crippen LogP contribution in [0.4, 0.5) is 0 Å². The highest BCUT2D eigenvalue weighted by molar-refractivity contribution is 14.1. The lowest BCUT2D eigenvalue weighted by Crippen LogP contribution is -2.27. The highest BCUT2D eigenvalue weighted by Crippen LogP contribution is 2.17. The second-order valence-electron chi connectivity index (χ2n) is 3.91. The van der Waals surface area contributed by atoms with E-state index in [-0.39, 0.29) is 5.91 Å². The van der Waals surface area contributed by atoms with Gasteiger partial charge in [0.2, 0.25) is 0 Å². The lowest BCUT2D eigenvalue weighted by molar-refractivity contribution is -0.141. The summed E-state index contributed by atoms with van der Waals surface area (Å²) in [6.45, 7) is 1.94. The predicted octanol–water partition coefficient (Wildman–Crippen LogP) is 2.79. The summed E-state index contributed by atoms with van der Waals surface area (Å²) in [7, 11) is 0. The zero-order valence-corrected chi connectivity index (χ0v) is 12.7. The predicted molar refractivity (Wildman–Crippen MR) is 77.9 cm³/mol. The Balaban J connectivity index is 2.55. The van der Waals surface area contributed by atoms with Crippen LogP contribution >= 0.6 is 34.2 Å². The topological polar surface area (TPSA) is 66.4 Å². The largest absolute Gasteiger partial charge is 0.481 e. The number of carboxylic acids is 1. The van der Waals surface area contributed by atoms with E-state index in [1.807, 2.05) is 0 Å². The molecule has 0 spiro atoms. The molecule has 0 aliphatic carbocycles. The molecular weight excluding hydrogens is 368 g/mol. The maximum absolute atomic E-state index is 11.8. The number of carbonyl (C=O) groups excluding carboxylic acids is 1. The monoisotopic (exact) mass is 381 g/mol. The van der Waals surface area contributed by atoms with E-state index in [9.17, 15) is 9.59 Å². The van der Waals surface area contributed by atoms with E-state index in [0.717, 1.165) is 3.57 Å². The maximum atomic E-state index is 11.8. The first-order valence-corrected chi connectivity index (χ1v) is 6.83. The lowest BCUT2D eigenvalue weighted by atomic mass is 10.1. The molecule has 0 radical (unpaired) electrons. The summed E-state index contributed by atoms with van der Waals surface area (Å²) >= 11 is 7.88. The van der Waals surface area contributed by atoms with Crippen molar-refractivity contribution in [3.63, 3.8) is 0 Å². The molecule has 0 aliphatic heterocycles. The molecule has 1 rings (SSSR count). The summed E-state index contributed by atoms with van der Waals surface area (Å²) in [5.41, 5.74) is 0.506. The van der Waals surface area contributed by atoms with Gasteiger partial charge >= 0.3 is 5.97 Å². The van der Waals surface area contributed by atoms with E-state index in [0.29, 0.717) is 23.6 Å². The molecule has 1 unspecified atom stereocenters. The number of aliphatic carboxylic acids is 1. The highest BCUT2D eigenvalue weighted by Gasteiger charge is 2.13. The van der Waals surface area contributed by atoms with Crippen molar-refractivity contribution in [2.45, 2.75) is 13.3 Å². The molecule has 4 nitrogen and oxygen atoms in total. The van der Waals surface area contributed by atoms with Gasteiger partial charge in [0.05, 0.1) is 11.5 Å². The zero-order chi connectivity index (χ0) is 13.7. The van der Waals surface area contributed by atoms with Gasteiger partial charge in [-0.1, -0.05) is 18.5 Å². The van der Waals surface area contributed by atoms with E-state index < -0.39 is 11.9 Å². The van der Waals surface area contributed by atoms with Crippen LogP contribution in [0.1, 0.15) is 23.7 Å². The minimum Gasteiger partial charge on any atom is -0.481 e. The van der Waals surface area contributed by atoms with E-state index in [4.69, 9.17) is 16.7 Å². The standard InChI is InChI=1S/C12H13ClINO3/c1-7(12(17)18)4-5-15-11(16)9-6-8(13)2-3-10(9)14/h2-3,6-7H,4-5H2,1H3,(H,15,16)(H,17,18). The van der Waals surface area contributed by atoms with E-state index in [1.54, 1.807) is 25.1 Å². The molecule has 0 aromatic heterocycles. The van der Waals surface area contributed by atoms with E-state index in [2.05, 4.69) is 27.9 Å². The van der Waals surface area contributed by atoms with Gasteiger partial charge in [0.25, 0.3) is 5.91 Å². The Morgan fingerprint density at radius 2 is 2.17 bits per heavy atom. The molecule has 1 aromatic rings. The molecule has 0 bridgehead atoms. The molecule has 1 amide bonds. The Hall–Kier alpha value is -0.820. The Morgan fingerprint density at radius 1 is 1.50 bits per heavy atom. The van der Waals surface area contributed by atoms with Gasteiger partial charge in [0.1, 0.15) is 0 Å². The first-order chi connectivity index (χ1) is 8.41. The molecule has 0 fully saturated rings. The number of benzene rings is 1. The number of carboxylic acid groups (broad SMARTS) is 1. The molecule has 0 saturated heterocycles. The number of hydrogen-bond acceptors (Lipinski definition) is 2. The molecule has 98 valence electrons. The van der Waals surface area contributed by atoms with Crippen LogP contribution in [0.15, 0.2) is 18.2 Å². The third-order valence-corrected chi connectivity index (χ3v) is 3.63. The summed E-state index contributed by atoms with van der Waals surface area (Å²) in [4.78, 5) is 22.5. The van der Waals surface area contributed by atoms with Crippen molar-refractivity contribution in [2.24, 2.45) is 5.92 Å². The molecule has 1 aromatic carbocycles. The van der Waals surface area contributed by atoms with Crippen molar-refractivity contribution in [1.82, 2.24) is 5.32 Å². The van der Waals surface area contributed by atoms with E-state index >= 15 is 0 Å². The molecule has 0 heterocycles.